The second kappa shape index (κ2) is 4.28. The third-order valence-corrected chi connectivity index (χ3v) is 2.41. The van der Waals surface area contributed by atoms with Crippen LogP contribution in [0.1, 0.15) is 31.9 Å². The highest BCUT2D eigenvalue weighted by molar-refractivity contribution is 6.43. The number of fused-ring (bicyclic) bond motifs is 1. The van der Waals surface area contributed by atoms with Crippen LogP contribution in [0.25, 0.3) is 0 Å². The highest BCUT2D eigenvalue weighted by Gasteiger charge is 2.25. The number of carbonyl (C=O) groups excluding carboxylic acids is 1. The van der Waals surface area contributed by atoms with Crippen molar-refractivity contribution >= 4 is 11.7 Å². The number of nitrogens with zero attached hydrogens (tertiary/aromatic N) is 2. The molecule has 1 aliphatic heterocycles. The Kier molecular flexibility index (Phi) is 2.96. The first-order chi connectivity index (χ1) is 7.97. The van der Waals surface area contributed by atoms with Crippen molar-refractivity contribution in [2.24, 2.45) is 4.99 Å². The van der Waals surface area contributed by atoms with Crippen molar-refractivity contribution in [2.75, 3.05) is 6.54 Å². The number of pyridine rings is 1. The van der Waals surface area contributed by atoms with Crippen LogP contribution in [0, 0.1) is 0 Å². The zero-order valence-electron chi connectivity index (χ0n) is 10.4. The molecule has 17 heavy (non-hydrogen) atoms. The average molecular weight is 232 g/mol. The summed E-state index contributed by atoms with van der Waals surface area (Å²) >= 11 is 0. The van der Waals surface area contributed by atoms with Gasteiger partial charge in [-0.2, -0.15) is 0 Å². The lowest BCUT2D eigenvalue weighted by molar-refractivity contribution is -0.146. The molecule has 1 aliphatic rings. The summed E-state index contributed by atoms with van der Waals surface area (Å²) in [6, 6.07) is 1.92. The van der Waals surface area contributed by atoms with Gasteiger partial charge in [-0.15, -0.1) is 0 Å². The smallest absolute Gasteiger partial charge is 0.357 e. The van der Waals surface area contributed by atoms with E-state index in [2.05, 4.69) is 9.98 Å². The number of aromatic nitrogens is 1. The zero-order valence-corrected chi connectivity index (χ0v) is 10.4. The minimum atomic E-state index is -0.501. The summed E-state index contributed by atoms with van der Waals surface area (Å²) in [5.74, 6) is -0.369. The molecule has 0 atom stereocenters. The number of hydrogen-bond acceptors (Lipinski definition) is 4. The molecule has 0 spiro atoms. The Hall–Kier alpha value is -1.71. The lowest BCUT2D eigenvalue weighted by atomic mass is 10.00. The summed E-state index contributed by atoms with van der Waals surface area (Å²) in [5, 5.41) is 0. The molecule has 0 saturated heterocycles. The Balaban J connectivity index is 2.28. The fourth-order valence-electron chi connectivity index (χ4n) is 1.73. The Morgan fingerprint density at radius 2 is 2.18 bits per heavy atom. The molecule has 4 heteroatoms. The predicted molar refractivity (Wildman–Crippen MR) is 65.2 cm³/mol. The molecule has 0 aromatic carbocycles. The van der Waals surface area contributed by atoms with Crippen LogP contribution in [0.4, 0.5) is 0 Å². The van der Waals surface area contributed by atoms with E-state index in [9.17, 15) is 4.79 Å². The van der Waals surface area contributed by atoms with Crippen LogP contribution < -0.4 is 0 Å². The normalized spacial score (nSPS) is 14.9. The second-order valence-electron chi connectivity index (χ2n) is 5.02. The van der Waals surface area contributed by atoms with E-state index in [1.807, 2.05) is 26.8 Å². The maximum atomic E-state index is 12.0. The molecule has 1 aromatic rings. The molecular weight excluding hydrogens is 216 g/mol. The molecule has 2 heterocycles. The molecule has 1 aromatic heterocycles. The van der Waals surface area contributed by atoms with Gasteiger partial charge in [-0.1, -0.05) is 0 Å². The van der Waals surface area contributed by atoms with Gasteiger partial charge in [0.05, 0.1) is 0 Å². The lowest BCUT2D eigenvalue weighted by Gasteiger charge is -2.22. The molecule has 0 amide bonds. The maximum Gasteiger partial charge on any atom is 0.357 e. The van der Waals surface area contributed by atoms with Crippen LogP contribution in [0.15, 0.2) is 23.5 Å². The van der Waals surface area contributed by atoms with Crippen molar-refractivity contribution in [3.8, 4) is 0 Å². The molecule has 0 unspecified atom stereocenters. The summed E-state index contributed by atoms with van der Waals surface area (Å²) in [6.45, 7) is 6.17. The zero-order chi connectivity index (χ0) is 12.5. The molecule has 0 N–H and O–H groups in total. The van der Waals surface area contributed by atoms with Crippen LogP contribution in [-0.4, -0.2) is 28.8 Å². The Bertz CT molecular complexity index is 473. The van der Waals surface area contributed by atoms with Gasteiger partial charge in [0, 0.05) is 24.5 Å². The summed E-state index contributed by atoms with van der Waals surface area (Å²) in [4.78, 5) is 20.3. The molecule has 2 rings (SSSR count). The van der Waals surface area contributed by atoms with Crippen molar-refractivity contribution in [3.63, 3.8) is 0 Å². The topological polar surface area (TPSA) is 51.5 Å². The molecule has 0 fully saturated rings. The van der Waals surface area contributed by atoms with Gasteiger partial charge in [0.25, 0.3) is 0 Å². The first-order valence-corrected chi connectivity index (χ1v) is 5.68. The number of carbonyl (C=O) groups is 1. The van der Waals surface area contributed by atoms with E-state index >= 15 is 0 Å². The van der Waals surface area contributed by atoms with Crippen molar-refractivity contribution in [1.29, 1.82) is 0 Å². The third kappa shape index (κ3) is 2.70. The van der Waals surface area contributed by atoms with Crippen LogP contribution >= 0.6 is 0 Å². The molecular formula is C13H16N2O2. The van der Waals surface area contributed by atoms with E-state index in [0.717, 1.165) is 17.5 Å². The minimum Gasteiger partial charge on any atom is -0.455 e. The number of aliphatic imine (C=N–C) groups is 1. The van der Waals surface area contributed by atoms with E-state index in [4.69, 9.17) is 4.74 Å². The number of rotatable bonds is 1. The Labute approximate surface area is 101 Å². The monoisotopic (exact) mass is 232 g/mol. The lowest BCUT2D eigenvalue weighted by Crippen LogP contribution is -2.31. The van der Waals surface area contributed by atoms with Gasteiger partial charge in [-0.25, -0.2) is 4.79 Å². The summed E-state index contributed by atoms with van der Waals surface area (Å²) in [6.07, 6.45) is 4.26. The largest absolute Gasteiger partial charge is 0.455 e. The highest BCUT2D eigenvalue weighted by atomic mass is 16.6. The molecule has 4 nitrogen and oxygen atoms in total. The van der Waals surface area contributed by atoms with Crippen LogP contribution in [0.5, 0.6) is 0 Å². The van der Waals surface area contributed by atoms with Gasteiger partial charge < -0.3 is 4.74 Å². The van der Waals surface area contributed by atoms with Crippen molar-refractivity contribution in [1.82, 2.24) is 4.98 Å². The summed E-state index contributed by atoms with van der Waals surface area (Å²) in [5.41, 5.74) is 1.80. The van der Waals surface area contributed by atoms with Crippen LogP contribution in [-0.2, 0) is 16.0 Å². The maximum absolute atomic E-state index is 12.0. The predicted octanol–water partition coefficient (Wildman–Crippen LogP) is 1.77. The summed E-state index contributed by atoms with van der Waals surface area (Å²) < 4.78 is 5.34. The quantitative estimate of drug-likeness (QED) is 0.693. The van der Waals surface area contributed by atoms with Gasteiger partial charge in [-0.3, -0.25) is 9.98 Å². The van der Waals surface area contributed by atoms with Gasteiger partial charge in [0.15, 0.2) is 5.71 Å². The molecule has 0 aliphatic carbocycles. The van der Waals surface area contributed by atoms with Gasteiger partial charge in [-0.05, 0) is 38.8 Å². The van der Waals surface area contributed by atoms with E-state index in [1.54, 1.807) is 12.4 Å². The highest BCUT2D eigenvalue weighted by Crippen LogP contribution is 2.17. The van der Waals surface area contributed by atoms with Gasteiger partial charge in [0.1, 0.15) is 5.60 Å². The van der Waals surface area contributed by atoms with Crippen LogP contribution in [0.3, 0.4) is 0 Å². The number of hydrogen-bond donors (Lipinski definition) is 0. The molecule has 90 valence electrons. The Morgan fingerprint density at radius 3 is 2.88 bits per heavy atom. The van der Waals surface area contributed by atoms with Crippen molar-refractivity contribution in [2.45, 2.75) is 32.8 Å². The second-order valence-corrected chi connectivity index (χ2v) is 5.02. The Morgan fingerprint density at radius 1 is 1.41 bits per heavy atom. The fourth-order valence-corrected chi connectivity index (χ4v) is 1.73. The SMILES string of the molecule is CC(C)(C)OC(=O)C1=NCCc2ccncc21. The van der Waals surface area contributed by atoms with Gasteiger partial charge >= 0.3 is 5.97 Å². The van der Waals surface area contributed by atoms with E-state index in [-0.39, 0.29) is 5.97 Å². The average Bonchev–Trinajstić information content (AvgIpc) is 2.26. The fraction of sp³-hybridized carbons (Fsp3) is 0.462. The van der Waals surface area contributed by atoms with Crippen LogP contribution in [0.2, 0.25) is 0 Å². The first-order valence-electron chi connectivity index (χ1n) is 5.68. The summed E-state index contributed by atoms with van der Waals surface area (Å²) in [7, 11) is 0. The number of esters is 1. The first kappa shape index (κ1) is 11.8. The van der Waals surface area contributed by atoms with E-state index in [0.29, 0.717) is 12.3 Å². The third-order valence-electron chi connectivity index (χ3n) is 2.41. The molecule has 0 radical (unpaired) electrons. The van der Waals surface area contributed by atoms with E-state index in [1.165, 1.54) is 0 Å². The minimum absolute atomic E-state index is 0.369. The van der Waals surface area contributed by atoms with Crippen molar-refractivity contribution in [3.05, 3.63) is 29.6 Å². The standard InChI is InChI=1S/C13H16N2O2/c1-13(2,3)17-12(16)11-10-8-14-6-4-9(10)5-7-15-11/h4,6,8H,5,7H2,1-3H3. The number of ether oxygens (including phenoxy) is 1. The molecule has 0 saturated carbocycles. The van der Waals surface area contributed by atoms with Crippen molar-refractivity contribution < 1.29 is 9.53 Å². The van der Waals surface area contributed by atoms with Gasteiger partial charge in [0.2, 0.25) is 0 Å². The molecule has 0 bridgehead atoms. The van der Waals surface area contributed by atoms with E-state index < -0.39 is 5.60 Å².